The van der Waals surface area contributed by atoms with Crippen LogP contribution in [0.3, 0.4) is 0 Å². The van der Waals surface area contributed by atoms with Crippen molar-refractivity contribution < 1.29 is 4.42 Å². The summed E-state index contributed by atoms with van der Waals surface area (Å²) in [5.41, 5.74) is 8.85. The predicted octanol–water partition coefficient (Wildman–Crippen LogP) is 12.4. The van der Waals surface area contributed by atoms with Crippen molar-refractivity contribution in [3.8, 4) is 56.4 Å². The van der Waals surface area contributed by atoms with Gasteiger partial charge in [0, 0.05) is 33.0 Å². The number of rotatable bonds is 5. The molecule has 0 aliphatic heterocycles. The Bertz CT molecular complexity index is 2910. The smallest absolute Gasteiger partial charge is 0.164 e. The van der Waals surface area contributed by atoms with Gasteiger partial charge in [-0.15, -0.1) is 0 Å². The maximum atomic E-state index is 6.67. The van der Waals surface area contributed by atoms with Crippen molar-refractivity contribution in [2.75, 3.05) is 0 Å². The summed E-state index contributed by atoms with van der Waals surface area (Å²) in [4.78, 5) is 15.4. The molecule has 51 heavy (non-hydrogen) atoms. The van der Waals surface area contributed by atoms with Crippen molar-refractivity contribution in [1.82, 2.24) is 15.0 Å². The summed E-state index contributed by atoms with van der Waals surface area (Å²) >= 11 is 0. The average Bonchev–Trinajstić information content (AvgIpc) is 3.60. The molecule has 0 amide bonds. The van der Waals surface area contributed by atoms with Crippen LogP contribution in [0.5, 0.6) is 0 Å². The van der Waals surface area contributed by atoms with E-state index in [9.17, 15) is 0 Å². The highest BCUT2D eigenvalue weighted by Gasteiger charge is 2.20. The minimum atomic E-state index is 0.597. The Hall–Kier alpha value is -6.91. The van der Waals surface area contributed by atoms with E-state index in [0.29, 0.717) is 17.5 Å². The minimum Gasteiger partial charge on any atom is -0.455 e. The Morgan fingerprint density at radius 2 is 0.863 bits per heavy atom. The van der Waals surface area contributed by atoms with Gasteiger partial charge in [-0.25, -0.2) is 15.0 Å². The molecule has 10 aromatic rings. The number of hydrogen-bond acceptors (Lipinski definition) is 4. The van der Waals surface area contributed by atoms with Gasteiger partial charge >= 0.3 is 0 Å². The molecule has 2 heterocycles. The van der Waals surface area contributed by atoms with E-state index in [1.165, 1.54) is 21.7 Å². The Morgan fingerprint density at radius 1 is 0.333 bits per heavy atom. The molecule has 10 rings (SSSR count). The molecular formula is C47H29N3O. The fourth-order valence-electron chi connectivity index (χ4n) is 7.14. The summed E-state index contributed by atoms with van der Waals surface area (Å²) in [7, 11) is 0. The molecule has 8 aromatic carbocycles. The fraction of sp³-hybridized carbons (Fsp3) is 0. The number of aromatic nitrogens is 3. The van der Waals surface area contributed by atoms with Crippen LogP contribution in [0.4, 0.5) is 0 Å². The molecule has 0 spiro atoms. The summed E-state index contributed by atoms with van der Waals surface area (Å²) in [6.07, 6.45) is 0. The lowest BCUT2D eigenvalue weighted by atomic mass is 9.98. The highest BCUT2D eigenvalue weighted by molar-refractivity contribution is 6.15. The van der Waals surface area contributed by atoms with Crippen LogP contribution < -0.4 is 0 Å². The first-order chi connectivity index (χ1) is 25.2. The van der Waals surface area contributed by atoms with Crippen molar-refractivity contribution in [2.45, 2.75) is 0 Å². The summed E-state index contributed by atoms with van der Waals surface area (Å²) in [6.45, 7) is 0. The highest BCUT2D eigenvalue weighted by atomic mass is 16.3. The number of benzene rings is 8. The second kappa shape index (κ2) is 11.9. The molecule has 0 fully saturated rings. The Morgan fingerprint density at radius 3 is 1.61 bits per heavy atom. The van der Waals surface area contributed by atoms with E-state index in [0.717, 1.165) is 60.7 Å². The van der Waals surface area contributed by atoms with Crippen molar-refractivity contribution in [1.29, 1.82) is 0 Å². The standard InChI is InChI=1S/C47H29N3O/c1-2-10-30(11-3-1)33-20-24-34(25-21-33)45-48-46(38-27-23-32-13-5-7-15-36(32)29-38)50-47(49-45)41-18-9-19-42-43(41)40-17-8-16-39(44(40)51-42)37-26-22-31-12-4-6-14-35(31)28-37/h1-29H. The topological polar surface area (TPSA) is 51.8 Å². The SMILES string of the molecule is c1ccc(-c2ccc(-c3nc(-c4ccc5ccccc5c4)nc(-c4cccc5oc6c(-c7ccc8ccccc8c7)cccc6c45)n3)cc2)cc1. The second-order valence-electron chi connectivity index (χ2n) is 12.8. The van der Waals surface area contributed by atoms with Crippen molar-refractivity contribution in [3.63, 3.8) is 0 Å². The zero-order chi connectivity index (χ0) is 33.7. The third kappa shape index (κ3) is 5.13. The molecule has 4 heteroatoms. The van der Waals surface area contributed by atoms with Crippen molar-refractivity contribution in [3.05, 3.63) is 176 Å². The van der Waals surface area contributed by atoms with Crippen LogP contribution in [0, 0.1) is 0 Å². The lowest BCUT2D eigenvalue weighted by Crippen LogP contribution is -2.00. The molecule has 0 atom stereocenters. The van der Waals surface area contributed by atoms with E-state index in [-0.39, 0.29) is 0 Å². The van der Waals surface area contributed by atoms with Crippen LogP contribution in [0.25, 0.3) is 99.9 Å². The number of fused-ring (bicyclic) bond motifs is 5. The van der Waals surface area contributed by atoms with Crippen LogP contribution in [-0.2, 0) is 0 Å². The van der Waals surface area contributed by atoms with Crippen LogP contribution >= 0.6 is 0 Å². The largest absolute Gasteiger partial charge is 0.455 e. The predicted molar refractivity (Wildman–Crippen MR) is 209 cm³/mol. The first-order valence-corrected chi connectivity index (χ1v) is 17.1. The number of hydrogen-bond donors (Lipinski definition) is 0. The van der Waals surface area contributed by atoms with Crippen molar-refractivity contribution >= 4 is 43.5 Å². The van der Waals surface area contributed by atoms with Gasteiger partial charge in [0.2, 0.25) is 0 Å². The molecular weight excluding hydrogens is 623 g/mol. The Kier molecular flexibility index (Phi) is 6.78. The highest BCUT2D eigenvalue weighted by Crippen LogP contribution is 2.41. The molecule has 4 nitrogen and oxygen atoms in total. The Labute approximate surface area is 294 Å². The van der Waals surface area contributed by atoms with Gasteiger partial charge in [0.1, 0.15) is 11.2 Å². The average molecular weight is 652 g/mol. The van der Waals surface area contributed by atoms with E-state index in [1.54, 1.807) is 0 Å². The number of furan rings is 1. The molecule has 0 bridgehead atoms. The zero-order valence-electron chi connectivity index (χ0n) is 27.5. The molecule has 0 N–H and O–H groups in total. The van der Waals surface area contributed by atoms with Crippen LogP contribution in [-0.4, -0.2) is 15.0 Å². The van der Waals surface area contributed by atoms with Crippen LogP contribution in [0.1, 0.15) is 0 Å². The zero-order valence-corrected chi connectivity index (χ0v) is 27.5. The van der Waals surface area contributed by atoms with Gasteiger partial charge in [-0.05, 0) is 56.4 Å². The quantitative estimate of drug-likeness (QED) is 0.186. The van der Waals surface area contributed by atoms with Gasteiger partial charge in [-0.2, -0.15) is 0 Å². The minimum absolute atomic E-state index is 0.597. The molecule has 238 valence electrons. The molecule has 0 radical (unpaired) electrons. The first kappa shape index (κ1) is 29.0. The number of para-hydroxylation sites is 1. The normalized spacial score (nSPS) is 11.5. The third-order valence-corrected chi connectivity index (χ3v) is 9.72. The van der Waals surface area contributed by atoms with Gasteiger partial charge in [0.15, 0.2) is 17.5 Å². The van der Waals surface area contributed by atoms with E-state index >= 15 is 0 Å². The Balaban J connectivity index is 1.16. The summed E-state index contributed by atoms with van der Waals surface area (Å²) in [5.74, 6) is 1.83. The van der Waals surface area contributed by atoms with Gasteiger partial charge in [0.25, 0.3) is 0 Å². The molecule has 2 aromatic heterocycles. The number of nitrogens with zero attached hydrogens (tertiary/aromatic N) is 3. The van der Waals surface area contributed by atoms with E-state index in [4.69, 9.17) is 19.4 Å². The lowest BCUT2D eigenvalue weighted by molar-refractivity contribution is 0.670. The first-order valence-electron chi connectivity index (χ1n) is 17.1. The van der Waals surface area contributed by atoms with Crippen LogP contribution in [0.2, 0.25) is 0 Å². The summed E-state index contributed by atoms with van der Waals surface area (Å²) in [6, 6.07) is 61.1. The summed E-state index contributed by atoms with van der Waals surface area (Å²) < 4.78 is 6.67. The van der Waals surface area contributed by atoms with Gasteiger partial charge < -0.3 is 4.42 Å². The van der Waals surface area contributed by atoms with E-state index < -0.39 is 0 Å². The fourth-order valence-corrected chi connectivity index (χ4v) is 7.14. The second-order valence-corrected chi connectivity index (χ2v) is 12.8. The molecule has 0 unspecified atom stereocenters. The maximum Gasteiger partial charge on any atom is 0.164 e. The molecule has 0 aliphatic rings. The van der Waals surface area contributed by atoms with Crippen molar-refractivity contribution in [2.24, 2.45) is 0 Å². The monoisotopic (exact) mass is 651 g/mol. The summed E-state index contributed by atoms with van der Waals surface area (Å²) in [5, 5.41) is 6.71. The maximum absolute atomic E-state index is 6.67. The molecule has 0 saturated carbocycles. The van der Waals surface area contributed by atoms with Crippen LogP contribution in [0.15, 0.2) is 180 Å². The molecule has 0 saturated heterocycles. The third-order valence-electron chi connectivity index (χ3n) is 9.72. The van der Waals surface area contributed by atoms with Gasteiger partial charge in [0.05, 0.1) is 0 Å². The van der Waals surface area contributed by atoms with E-state index in [1.807, 2.05) is 18.2 Å². The molecule has 0 aliphatic carbocycles. The van der Waals surface area contributed by atoms with E-state index in [2.05, 4.69) is 158 Å². The van der Waals surface area contributed by atoms with Gasteiger partial charge in [-0.3, -0.25) is 0 Å². The van der Waals surface area contributed by atoms with Gasteiger partial charge in [-0.1, -0.05) is 158 Å². The lowest BCUT2D eigenvalue weighted by Gasteiger charge is -2.10.